The van der Waals surface area contributed by atoms with Gasteiger partial charge in [-0.05, 0) is 31.4 Å². The van der Waals surface area contributed by atoms with Gasteiger partial charge in [0.15, 0.2) is 6.10 Å². The van der Waals surface area contributed by atoms with Crippen molar-refractivity contribution in [3.8, 4) is 11.5 Å². The lowest BCUT2D eigenvalue weighted by atomic mass is 10.0. The molecule has 0 fully saturated rings. The summed E-state index contributed by atoms with van der Waals surface area (Å²) in [7, 11) is 1.60. The molecular formula is C13H16O4. The van der Waals surface area contributed by atoms with Crippen LogP contribution in [0, 0.1) is 0 Å². The molecule has 1 aliphatic rings. The predicted molar refractivity (Wildman–Crippen MR) is 62.4 cm³/mol. The van der Waals surface area contributed by atoms with E-state index < -0.39 is 6.10 Å². The number of fused-ring (bicyclic) bond motifs is 1. The minimum absolute atomic E-state index is 0.291. The Morgan fingerprint density at radius 3 is 3.06 bits per heavy atom. The fourth-order valence-electron chi connectivity index (χ4n) is 1.88. The van der Waals surface area contributed by atoms with Crippen LogP contribution < -0.4 is 9.47 Å². The molecule has 0 aromatic heterocycles. The molecule has 4 nitrogen and oxygen atoms in total. The van der Waals surface area contributed by atoms with Crippen molar-refractivity contribution in [2.24, 2.45) is 0 Å². The van der Waals surface area contributed by atoms with Crippen molar-refractivity contribution in [2.45, 2.75) is 25.9 Å². The van der Waals surface area contributed by atoms with Gasteiger partial charge in [-0.1, -0.05) is 6.07 Å². The molecule has 0 unspecified atom stereocenters. The molecule has 0 saturated carbocycles. The summed E-state index contributed by atoms with van der Waals surface area (Å²) in [6, 6.07) is 5.67. The molecule has 0 saturated heterocycles. The topological polar surface area (TPSA) is 44.8 Å². The van der Waals surface area contributed by atoms with Gasteiger partial charge in [0, 0.05) is 6.07 Å². The van der Waals surface area contributed by atoms with Crippen LogP contribution in [0.1, 0.15) is 18.9 Å². The normalized spacial score (nSPS) is 17.9. The highest BCUT2D eigenvalue weighted by molar-refractivity contribution is 5.75. The Morgan fingerprint density at radius 2 is 2.35 bits per heavy atom. The molecule has 4 heteroatoms. The Bertz CT molecular complexity index is 414. The summed E-state index contributed by atoms with van der Waals surface area (Å²) in [4.78, 5) is 11.6. The SMILES string of the molecule is CCOC(=O)[C@@H]1CCc2ccc(OC)cc2O1. The minimum atomic E-state index is -0.491. The second-order valence-electron chi connectivity index (χ2n) is 3.87. The maximum atomic E-state index is 11.6. The summed E-state index contributed by atoms with van der Waals surface area (Å²) >= 11 is 0. The van der Waals surface area contributed by atoms with Gasteiger partial charge < -0.3 is 14.2 Å². The highest BCUT2D eigenvalue weighted by Crippen LogP contribution is 2.31. The first kappa shape index (κ1) is 11.8. The lowest BCUT2D eigenvalue weighted by Gasteiger charge is -2.24. The van der Waals surface area contributed by atoms with Gasteiger partial charge in [0.2, 0.25) is 0 Å². The molecular weight excluding hydrogens is 220 g/mol. The van der Waals surface area contributed by atoms with E-state index in [2.05, 4.69) is 0 Å². The summed E-state index contributed by atoms with van der Waals surface area (Å²) in [6.45, 7) is 2.17. The molecule has 0 spiro atoms. The van der Waals surface area contributed by atoms with Gasteiger partial charge in [0.05, 0.1) is 13.7 Å². The van der Waals surface area contributed by atoms with Crippen LogP contribution in [-0.4, -0.2) is 25.8 Å². The molecule has 1 heterocycles. The standard InChI is InChI=1S/C13H16O4/c1-3-16-13(14)11-7-5-9-4-6-10(15-2)8-12(9)17-11/h4,6,8,11H,3,5,7H2,1-2H3/t11-/m0/s1. The molecule has 2 rings (SSSR count). The molecule has 1 aromatic carbocycles. The summed E-state index contributed by atoms with van der Waals surface area (Å²) in [5.41, 5.74) is 1.10. The molecule has 0 amide bonds. The third kappa shape index (κ3) is 2.52. The first-order chi connectivity index (χ1) is 8.24. The van der Waals surface area contributed by atoms with E-state index in [0.717, 1.165) is 17.7 Å². The molecule has 0 radical (unpaired) electrons. The van der Waals surface area contributed by atoms with E-state index in [9.17, 15) is 4.79 Å². The zero-order chi connectivity index (χ0) is 12.3. The van der Waals surface area contributed by atoms with Crippen LogP contribution in [-0.2, 0) is 16.0 Å². The first-order valence-corrected chi connectivity index (χ1v) is 5.74. The van der Waals surface area contributed by atoms with Crippen molar-refractivity contribution in [3.05, 3.63) is 23.8 Å². The van der Waals surface area contributed by atoms with E-state index in [1.165, 1.54) is 0 Å². The Morgan fingerprint density at radius 1 is 1.53 bits per heavy atom. The molecule has 1 aliphatic heterocycles. The van der Waals surface area contributed by atoms with Crippen molar-refractivity contribution in [3.63, 3.8) is 0 Å². The van der Waals surface area contributed by atoms with Crippen LogP contribution in [0.15, 0.2) is 18.2 Å². The molecule has 0 N–H and O–H groups in total. The van der Waals surface area contributed by atoms with Crippen molar-refractivity contribution in [1.29, 1.82) is 0 Å². The molecule has 0 bridgehead atoms. The average Bonchev–Trinajstić information content (AvgIpc) is 2.37. The maximum absolute atomic E-state index is 11.6. The Labute approximate surface area is 100 Å². The number of ether oxygens (including phenoxy) is 3. The van der Waals surface area contributed by atoms with E-state index in [0.29, 0.717) is 18.8 Å². The zero-order valence-electron chi connectivity index (χ0n) is 10.1. The second-order valence-corrected chi connectivity index (χ2v) is 3.87. The maximum Gasteiger partial charge on any atom is 0.347 e. The smallest absolute Gasteiger partial charge is 0.347 e. The monoisotopic (exact) mass is 236 g/mol. The lowest BCUT2D eigenvalue weighted by molar-refractivity contribution is -0.152. The molecule has 1 aromatic rings. The molecule has 0 aliphatic carbocycles. The summed E-state index contributed by atoms with van der Waals surface area (Å²) in [5, 5.41) is 0. The van der Waals surface area contributed by atoms with Crippen LogP contribution in [0.5, 0.6) is 11.5 Å². The highest BCUT2D eigenvalue weighted by Gasteiger charge is 2.27. The Kier molecular flexibility index (Phi) is 3.52. The third-order valence-electron chi connectivity index (χ3n) is 2.77. The van der Waals surface area contributed by atoms with E-state index in [4.69, 9.17) is 14.2 Å². The summed E-state index contributed by atoms with van der Waals surface area (Å²) in [5.74, 6) is 1.16. The lowest BCUT2D eigenvalue weighted by Crippen LogP contribution is -2.32. The van der Waals surface area contributed by atoms with Crippen LogP contribution in [0.3, 0.4) is 0 Å². The van der Waals surface area contributed by atoms with Crippen LogP contribution in [0.25, 0.3) is 0 Å². The van der Waals surface area contributed by atoms with Gasteiger partial charge >= 0.3 is 5.97 Å². The van der Waals surface area contributed by atoms with Gasteiger partial charge in [-0.15, -0.1) is 0 Å². The number of benzene rings is 1. The third-order valence-corrected chi connectivity index (χ3v) is 2.77. The average molecular weight is 236 g/mol. The van der Waals surface area contributed by atoms with Crippen molar-refractivity contribution < 1.29 is 19.0 Å². The van der Waals surface area contributed by atoms with Gasteiger partial charge in [-0.3, -0.25) is 0 Å². The number of aryl methyl sites for hydroxylation is 1. The number of rotatable bonds is 3. The molecule has 17 heavy (non-hydrogen) atoms. The van der Waals surface area contributed by atoms with Crippen LogP contribution >= 0.6 is 0 Å². The van der Waals surface area contributed by atoms with Crippen LogP contribution in [0.4, 0.5) is 0 Å². The number of esters is 1. The van der Waals surface area contributed by atoms with Gasteiger partial charge in [-0.25, -0.2) is 4.79 Å². The molecule has 1 atom stereocenters. The van der Waals surface area contributed by atoms with Gasteiger partial charge in [0.25, 0.3) is 0 Å². The fraction of sp³-hybridized carbons (Fsp3) is 0.462. The van der Waals surface area contributed by atoms with E-state index in [1.54, 1.807) is 20.1 Å². The zero-order valence-corrected chi connectivity index (χ0v) is 10.1. The number of carbonyl (C=O) groups is 1. The second kappa shape index (κ2) is 5.08. The van der Waals surface area contributed by atoms with E-state index >= 15 is 0 Å². The predicted octanol–water partition coefficient (Wildman–Crippen LogP) is 1.95. The summed E-state index contributed by atoms with van der Waals surface area (Å²) in [6.07, 6.45) is 0.996. The molecule has 92 valence electrons. The number of methoxy groups -OCH3 is 1. The highest BCUT2D eigenvalue weighted by atomic mass is 16.6. The Balaban J connectivity index is 2.14. The van der Waals surface area contributed by atoms with Crippen molar-refractivity contribution in [2.75, 3.05) is 13.7 Å². The summed E-state index contributed by atoms with van der Waals surface area (Å²) < 4.78 is 15.7. The largest absolute Gasteiger partial charge is 0.497 e. The number of hydrogen-bond acceptors (Lipinski definition) is 4. The fourth-order valence-corrected chi connectivity index (χ4v) is 1.88. The van der Waals surface area contributed by atoms with Crippen molar-refractivity contribution in [1.82, 2.24) is 0 Å². The first-order valence-electron chi connectivity index (χ1n) is 5.74. The van der Waals surface area contributed by atoms with Crippen molar-refractivity contribution >= 4 is 5.97 Å². The Hall–Kier alpha value is -1.71. The van der Waals surface area contributed by atoms with E-state index in [1.807, 2.05) is 12.1 Å². The van der Waals surface area contributed by atoms with Gasteiger partial charge in [0.1, 0.15) is 11.5 Å². The number of carbonyl (C=O) groups excluding carboxylic acids is 1. The quantitative estimate of drug-likeness (QED) is 0.752. The van der Waals surface area contributed by atoms with E-state index in [-0.39, 0.29) is 5.97 Å². The number of hydrogen-bond donors (Lipinski definition) is 0. The van der Waals surface area contributed by atoms with Crippen LogP contribution in [0.2, 0.25) is 0 Å². The minimum Gasteiger partial charge on any atom is -0.497 e. The van der Waals surface area contributed by atoms with Gasteiger partial charge in [-0.2, -0.15) is 0 Å².